The minimum atomic E-state index is -3.71. The van der Waals surface area contributed by atoms with Crippen LogP contribution >= 0.6 is 11.6 Å². The zero-order valence-electron chi connectivity index (χ0n) is 13.0. The van der Waals surface area contributed by atoms with Crippen molar-refractivity contribution in [3.63, 3.8) is 0 Å². The first-order valence-corrected chi connectivity index (χ1v) is 9.14. The van der Waals surface area contributed by atoms with Crippen molar-refractivity contribution in [2.24, 2.45) is 11.0 Å². The average molecular weight is 351 g/mol. The lowest BCUT2D eigenvalue weighted by Gasteiger charge is -2.11. The molecule has 0 saturated carbocycles. The van der Waals surface area contributed by atoms with Gasteiger partial charge in [0.15, 0.2) is 0 Å². The van der Waals surface area contributed by atoms with E-state index in [2.05, 4.69) is 23.8 Å². The Bertz CT molecular complexity index is 770. The molecule has 0 bridgehead atoms. The fourth-order valence-corrected chi connectivity index (χ4v) is 2.98. The minimum Gasteiger partial charge on any atom is -0.200 e. The average Bonchev–Trinajstić information content (AvgIpc) is 2.52. The lowest BCUT2D eigenvalue weighted by Crippen LogP contribution is -2.21. The van der Waals surface area contributed by atoms with Gasteiger partial charge in [0.05, 0.1) is 10.6 Å². The summed E-state index contributed by atoms with van der Waals surface area (Å²) in [6, 6.07) is 15.5. The van der Waals surface area contributed by atoms with Gasteiger partial charge in [-0.1, -0.05) is 55.8 Å². The second kappa shape index (κ2) is 7.62. The summed E-state index contributed by atoms with van der Waals surface area (Å²) in [5.41, 5.74) is 1.61. The summed E-state index contributed by atoms with van der Waals surface area (Å²) in [4.78, 5) is 2.44. The minimum absolute atomic E-state index is 0.127. The molecule has 2 aromatic carbocycles. The molecule has 0 spiro atoms. The molecule has 0 aliphatic heterocycles. The predicted octanol–water partition coefficient (Wildman–Crippen LogP) is 4.07. The lowest BCUT2D eigenvalue weighted by molar-refractivity contribution is 0.583. The van der Waals surface area contributed by atoms with E-state index in [1.165, 1.54) is 24.3 Å². The second-order valence-corrected chi connectivity index (χ2v) is 7.67. The van der Waals surface area contributed by atoms with Gasteiger partial charge in [0.2, 0.25) is 0 Å². The molecule has 0 aliphatic rings. The van der Waals surface area contributed by atoms with E-state index in [0.717, 1.165) is 5.56 Å². The van der Waals surface area contributed by atoms with Crippen molar-refractivity contribution in [3.8, 4) is 0 Å². The van der Waals surface area contributed by atoms with Crippen LogP contribution in [0.3, 0.4) is 0 Å². The van der Waals surface area contributed by atoms with Gasteiger partial charge >= 0.3 is 0 Å². The van der Waals surface area contributed by atoms with Crippen LogP contribution < -0.4 is 4.83 Å². The molecule has 0 fully saturated rings. The Hall–Kier alpha value is -1.85. The van der Waals surface area contributed by atoms with Crippen LogP contribution in [-0.4, -0.2) is 14.1 Å². The number of halogens is 1. The van der Waals surface area contributed by atoms with E-state index in [-0.39, 0.29) is 4.90 Å². The molecule has 0 saturated heterocycles. The van der Waals surface area contributed by atoms with Gasteiger partial charge in [-0.3, -0.25) is 0 Å². The van der Waals surface area contributed by atoms with Crippen LogP contribution in [0.1, 0.15) is 25.8 Å². The number of benzene rings is 2. The molecule has 122 valence electrons. The molecule has 0 heterocycles. The van der Waals surface area contributed by atoms with Gasteiger partial charge < -0.3 is 0 Å². The molecular formula is C17H19ClN2O2S. The van der Waals surface area contributed by atoms with Gasteiger partial charge in [-0.25, -0.2) is 0 Å². The quantitative estimate of drug-likeness (QED) is 0.630. The molecule has 0 amide bonds. The van der Waals surface area contributed by atoms with Gasteiger partial charge in [0.25, 0.3) is 10.0 Å². The van der Waals surface area contributed by atoms with E-state index in [1.54, 1.807) is 0 Å². The number of hydrogen-bond acceptors (Lipinski definition) is 3. The van der Waals surface area contributed by atoms with E-state index in [1.807, 2.05) is 30.3 Å². The monoisotopic (exact) mass is 350 g/mol. The predicted molar refractivity (Wildman–Crippen MR) is 94.2 cm³/mol. The van der Waals surface area contributed by atoms with Crippen molar-refractivity contribution in [3.05, 3.63) is 65.2 Å². The third kappa shape index (κ3) is 5.08. The first kappa shape index (κ1) is 17.5. The largest absolute Gasteiger partial charge is 0.276 e. The van der Waals surface area contributed by atoms with Crippen LogP contribution in [0.2, 0.25) is 5.02 Å². The van der Waals surface area contributed by atoms with Gasteiger partial charge in [0, 0.05) is 5.02 Å². The van der Waals surface area contributed by atoms with Gasteiger partial charge in [-0.15, -0.1) is 0 Å². The standard InChI is InChI=1S/C17H19ClN2O2S/c1-13(2)12-17(14-6-4-3-5-7-14)19-20-23(21,22)16-10-8-15(18)9-11-16/h3-11,13,20H,12H2,1-2H3. The van der Waals surface area contributed by atoms with Crippen molar-refractivity contribution in [2.75, 3.05) is 0 Å². The number of rotatable bonds is 6. The molecule has 1 N–H and O–H groups in total. The van der Waals surface area contributed by atoms with Crippen molar-refractivity contribution in [2.45, 2.75) is 25.2 Å². The molecule has 2 aromatic rings. The zero-order chi connectivity index (χ0) is 16.9. The number of sulfonamides is 1. The second-order valence-electron chi connectivity index (χ2n) is 5.57. The van der Waals surface area contributed by atoms with Gasteiger partial charge in [0.1, 0.15) is 0 Å². The Kier molecular flexibility index (Phi) is 5.80. The van der Waals surface area contributed by atoms with Crippen molar-refractivity contribution < 1.29 is 8.42 Å². The van der Waals surface area contributed by atoms with E-state index < -0.39 is 10.0 Å². The first-order valence-electron chi connectivity index (χ1n) is 7.28. The maximum atomic E-state index is 12.3. The number of hydrogen-bond donors (Lipinski definition) is 1. The Morgan fingerprint density at radius 3 is 2.26 bits per heavy atom. The number of nitrogens with zero attached hydrogens (tertiary/aromatic N) is 1. The third-order valence-corrected chi connectivity index (χ3v) is 4.61. The lowest BCUT2D eigenvalue weighted by atomic mass is 10.0. The molecule has 23 heavy (non-hydrogen) atoms. The summed E-state index contributed by atoms with van der Waals surface area (Å²) in [6.07, 6.45) is 0.674. The summed E-state index contributed by atoms with van der Waals surface area (Å²) in [5.74, 6) is 0.356. The molecule has 0 aliphatic carbocycles. The highest BCUT2D eigenvalue weighted by atomic mass is 35.5. The normalized spacial score (nSPS) is 12.4. The Morgan fingerprint density at radius 2 is 1.70 bits per heavy atom. The zero-order valence-corrected chi connectivity index (χ0v) is 14.6. The third-order valence-electron chi connectivity index (χ3n) is 3.13. The van der Waals surface area contributed by atoms with Crippen LogP contribution in [0.4, 0.5) is 0 Å². The first-order chi connectivity index (χ1) is 10.9. The van der Waals surface area contributed by atoms with E-state index in [9.17, 15) is 8.42 Å². The van der Waals surface area contributed by atoms with Gasteiger partial charge in [-0.2, -0.15) is 18.4 Å². The molecule has 2 rings (SSSR count). The smallest absolute Gasteiger partial charge is 0.200 e. The van der Waals surface area contributed by atoms with Crippen LogP contribution in [-0.2, 0) is 10.0 Å². The molecule has 0 aromatic heterocycles. The fourth-order valence-electron chi connectivity index (χ4n) is 2.03. The molecule has 0 radical (unpaired) electrons. The molecule has 6 heteroatoms. The van der Waals surface area contributed by atoms with Crippen LogP contribution in [0, 0.1) is 5.92 Å². The van der Waals surface area contributed by atoms with E-state index in [0.29, 0.717) is 23.1 Å². The highest BCUT2D eigenvalue weighted by molar-refractivity contribution is 7.89. The Balaban J connectivity index is 2.27. The summed E-state index contributed by atoms with van der Waals surface area (Å²) < 4.78 is 24.6. The van der Waals surface area contributed by atoms with Gasteiger partial charge in [-0.05, 0) is 42.2 Å². The Morgan fingerprint density at radius 1 is 1.09 bits per heavy atom. The molecular weight excluding hydrogens is 332 g/mol. The van der Waals surface area contributed by atoms with Crippen molar-refractivity contribution >= 4 is 27.3 Å². The van der Waals surface area contributed by atoms with E-state index in [4.69, 9.17) is 11.6 Å². The fraction of sp³-hybridized carbons (Fsp3) is 0.235. The van der Waals surface area contributed by atoms with Crippen molar-refractivity contribution in [1.29, 1.82) is 0 Å². The summed E-state index contributed by atoms with van der Waals surface area (Å²) in [5, 5.41) is 4.63. The molecule has 4 nitrogen and oxygen atoms in total. The van der Waals surface area contributed by atoms with Crippen molar-refractivity contribution in [1.82, 2.24) is 4.83 Å². The van der Waals surface area contributed by atoms with Crippen LogP contribution in [0.15, 0.2) is 64.6 Å². The number of nitrogens with one attached hydrogen (secondary N) is 1. The summed E-state index contributed by atoms with van der Waals surface area (Å²) >= 11 is 5.78. The van der Waals surface area contributed by atoms with Crippen LogP contribution in [0.25, 0.3) is 0 Å². The molecule has 0 unspecified atom stereocenters. The van der Waals surface area contributed by atoms with E-state index >= 15 is 0 Å². The topological polar surface area (TPSA) is 58.5 Å². The maximum Gasteiger partial charge on any atom is 0.276 e. The highest BCUT2D eigenvalue weighted by Crippen LogP contribution is 2.15. The number of hydrazone groups is 1. The highest BCUT2D eigenvalue weighted by Gasteiger charge is 2.14. The Labute approximate surface area is 142 Å². The molecule has 0 atom stereocenters. The maximum absolute atomic E-state index is 12.3. The van der Waals surface area contributed by atoms with Crippen LogP contribution in [0.5, 0.6) is 0 Å². The SMILES string of the molecule is CC(C)CC(=NNS(=O)(=O)c1ccc(Cl)cc1)c1ccccc1. The summed E-state index contributed by atoms with van der Waals surface area (Å²) in [6.45, 7) is 4.12. The summed E-state index contributed by atoms with van der Waals surface area (Å²) in [7, 11) is -3.71.